The van der Waals surface area contributed by atoms with E-state index in [2.05, 4.69) is 34.1 Å². The molecule has 2 nitrogen and oxygen atoms in total. The summed E-state index contributed by atoms with van der Waals surface area (Å²) in [6, 6.07) is 14.2. The van der Waals surface area contributed by atoms with Gasteiger partial charge in [0.1, 0.15) is 5.75 Å². The van der Waals surface area contributed by atoms with Crippen LogP contribution in [0.25, 0.3) is 0 Å². The molecule has 2 rings (SSSR count). The Morgan fingerprint density at radius 3 is 2.72 bits per heavy atom. The molecule has 0 fully saturated rings. The van der Waals surface area contributed by atoms with Crippen molar-refractivity contribution in [2.24, 2.45) is 5.73 Å². The zero-order chi connectivity index (χ0) is 13.0. The lowest BCUT2D eigenvalue weighted by molar-refractivity contribution is 0.413. The minimum absolute atomic E-state index is 0.547. The largest absolute Gasteiger partial charge is 0.497 e. The van der Waals surface area contributed by atoms with Gasteiger partial charge in [0, 0.05) is 20.8 Å². The molecule has 94 valence electrons. The first kappa shape index (κ1) is 13.5. The average Bonchev–Trinajstić information content (AvgIpc) is 2.38. The van der Waals surface area contributed by atoms with Crippen molar-refractivity contribution in [3.8, 4) is 5.75 Å². The first-order chi connectivity index (χ1) is 8.71. The maximum atomic E-state index is 5.68. The molecule has 0 aromatic heterocycles. The van der Waals surface area contributed by atoms with Gasteiger partial charge in [-0.3, -0.25) is 0 Å². The van der Waals surface area contributed by atoms with Crippen LogP contribution in [0.4, 0.5) is 0 Å². The number of halogens is 1. The summed E-state index contributed by atoms with van der Waals surface area (Å²) < 4.78 is 6.27. The van der Waals surface area contributed by atoms with Crippen molar-refractivity contribution in [1.29, 1.82) is 0 Å². The summed E-state index contributed by atoms with van der Waals surface area (Å²) >= 11 is 5.20. The van der Waals surface area contributed by atoms with Crippen molar-refractivity contribution < 1.29 is 4.74 Å². The lowest BCUT2D eigenvalue weighted by atomic mass is 10.2. The van der Waals surface area contributed by atoms with Crippen molar-refractivity contribution in [2.75, 3.05) is 7.11 Å². The Bertz CT molecular complexity index is 545. The van der Waals surface area contributed by atoms with Gasteiger partial charge in [0.05, 0.1) is 7.11 Å². The molecule has 0 amide bonds. The Morgan fingerprint density at radius 1 is 1.17 bits per heavy atom. The first-order valence-electron chi connectivity index (χ1n) is 5.52. The monoisotopic (exact) mass is 323 g/mol. The number of methoxy groups -OCH3 is 1. The van der Waals surface area contributed by atoms with E-state index in [-0.39, 0.29) is 0 Å². The van der Waals surface area contributed by atoms with Gasteiger partial charge >= 0.3 is 0 Å². The standard InChI is InChI=1S/C14H14BrNOS/c1-17-12-3-2-4-13(8-12)18-14-6-10(9-16)5-11(15)7-14/h2-8H,9,16H2,1H3. The van der Waals surface area contributed by atoms with Crippen molar-refractivity contribution >= 4 is 27.7 Å². The van der Waals surface area contributed by atoms with Gasteiger partial charge in [0.25, 0.3) is 0 Å². The van der Waals surface area contributed by atoms with Crippen LogP contribution >= 0.6 is 27.7 Å². The highest BCUT2D eigenvalue weighted by Gasteiger charge is 2.02. The quantitative estimate of drug-likeness (QED) is 0.921. The van der Waals surface area contributed by atoms with Crippen LogP contribution < -0.4 is 10.5 Å². The molecule has 0 spiro atoms. The molecule has 0 radical (unpaired) electrons. The van der Waals surface area contributed by atoms with Gasteiger partial charge in [-0.25, -0.2) is 0 Å². The van der Waals surface area contributed by atoms with Crippen LogP contribution in [0.2, 0.25) is 0 Å². The normalized spacial score (nSPS) is 10.4. The molecular weight excluding hydrogens is 310 g/mol. The minimum atomic E-state index is 0.547. The second-order valence-electron chi connectivity index (χ2n) is 3.78. The summed E-state index contributed by atoms with van der Waals surface area (Å²) in [6.07, 6.45) is 0. The number of ether oxygens (including phenoxy) is 1. The molecule has 0 bridgehead atoms. The second kappa shape index (κ2) is 6.27. The summed E-state index contributed by atoms with van der Waals surface area (Å²) in [7, 11) is 1.68. The molecule has 0 atom stereocenters. The summed E-state index contributed by atoms with van der Waals surface area (Å²) in [4.78, 5) is 2.31. The Labute approximate surface area is 120 Å². The van der Waals surface area contributed by atoms with Crippen molar-refractivity contribution in [1.82, 2.24) is 0 Å². The zero-order valence-electron chi connectivity index (χ0n) is 10.0. The fraction of sp³-hybridized carbons (Fsp3) is 0.143. The van der Waals surface area contributed by atoms with E-state index in [0.29, 0.717) is 6.54 Å². The summed E-state index contributed by atoms with van der Waals surface area (Å²) in [5, 5.41) is 0. The molecule has 0 heterocycles. The first-order valence-corrected chi connectivity index (χ1v) is 7.13. The third-order valence-electron chi connectivity index (χ3n) is 2.44. The van der Waals surface area contributed by atoms with E-state index in [1.54, 1.807) is 18.9 Å². The fourth-order valence-electron chi connectivity index (χ4n) is 1.60. The van der Waals surface area contributed by atoms with Crippen LogP contribution in [-0.4, -0.2) is 7.11 Å². The van der Waals surface area contributed by atoms with Crippen LogP contribution in [0.3, 0.4) is 0 Å². The average molecular weight is 324 g/mol. The number of hydrogen-bond donors (Lipinski definition) is 1. The van der Waals surface area contributed by atoms with Gasteiger partial charge in [-0.1, -0.05) is 33.8 Å². The van der Waals surface area contributed by atoms with Crippen LogP contribution in [0, 0.1) is 0 Å². The molecule has 0 aliphatic rings. The van der Waals surface area contributed by atoms with E-state index in [9.17, 15) is 0 Å². The number of hydrogen-bond acceptors (Lipinski definition) is 3. The van der Waals surface area contributed by atoms with E-state index in [4.69, 9.17) is 10.5 Å². The molecule has 2 aromatic rings. The van der Waals surface area contributed by atoms with Gasteiger partial charge in [-0.05, 0) is 42.0 Å². The molecule has 4 heteroatoms. The fourth-order valence-corrected chi connectivity index (χ4v) is 3.28. The maximum Gasteiger partial charge on any atom is 0.119 e. The highest BCUT2D eigenvalue weighted by Crippen LogP contribution is 2.32. The molecule has 0 saturated carbocycles. The van der Waals surface area contributed by atoms with E-state index in [0.717, 1.165) is 25.6 Å². The third kappa shape index (κ3) is 3.51. The molecule has 0 unspecified atom stereocenters. The molecule has 0 aliphatic carbocycles. The highest BCUT2D eigenvalue weighted by atomic mass is 79.9. The smallest absolute Gasteiger partial charge is 0.119 e. The van der Waals surface area contributed by atoms with Gasteiger partial charge < -0.3 is 10.5 Å². The minimum Gasteiger partial charge on any atom is -0.497 e. The second-order valence-corrected chi connectivity index (χ2v) is 5.84. The van der Waals surface area contributed by atoms with Gasteiger partial charge in [0.15, 0.2) is 0 Å². The van der Waals surface area contributed by atoms with Gasteiger partial charge in [0.2, 0.25) is 0 Å². The third-order valence-corrected chi connectivity index (χ3v) is 3.86. The number of rotatable bonds is 4. The molecule has 2 N–H and O–H groups in total. The molecule has 0 aliphatic heterocycles. The van der Waals surface area contributed by atoms with E-state index in [1.807, 2.05) is 24.3 Å². The van der Waals surface area contributed by atoms with Crippen LogP contribution in [0.5, 0.6) is 5.75 Å². The predicted molar refractivity (Wildman–Crippen MR) is 79.2 cm³/mol. The van der Waals surface area contributed by atoms with Crippen molar-refractivity contribution in [2.45, 2.75) is 16.3 Å². The Morgan fingerprint density at radius 2 is 2.00 bits per heavy atom. The van der Waals surface area contributed by atoms with Crippen LogP contribution in [0.15, 0.2) is 56.7 Å². The predicted octanol–water partition coefficient (Wildman–Crippen LogP) is 4.07. The highest BCUT2D eigenvalue weighted by molar-refractivity contribution is 9.10. The molecular formula is C14H14BrNOS. The SMILES string of the molecule is COc1cccc(Sc2cc(Br)cc(CN)c2)c1. The lowest BCUT2D eigenvalue weighted by Crippen LogP contribution is -1.96. The summed E-state index contributed by atoms with van der Waals surface area (Å²) in [5.41, 5.74) is 6.80. The van der Waals surface area contributed by atoms with E-state index >= 15 is 0 Å². The summed E-state index contributed by atoms with van der Waals surface area (Å²) in [5.74, 6) is 0.869. The lowest BCUT2D eigenvalue weighted by Gasteiger charge is -2.06. The van der Waals surface area contributed by atoms with Crippen LogP contribution in [-0.2, 0) is 6.54 Å². The zero-order valence-corrected chi connectivity index (χ0v) is 12.4. The molecule has 0 saturated heterocycles. The van der Waals surface area contributed by atoms with Crippen molar-refractivity contribution in [3.05, 3.63) is 52.5 Å². The van der Waals surface area contributed by atoms with E-state index in [1.165, 1.54) is 0 Å². The van der Waals surface area contributed by atoms with Gasteiger partial charge in [-0.2, -0.15) is 0 Å². The Hall–Kier alpha value is -0.970. The van der Waals surface area contributed by atoms with Crippen molar-refractivity contribution in [3.63, 3.8) is 0 Å². The Kier molecular flexibility index (Phi) is 4.69. The molecule has 2 aromatic carbocycles. The van der Waals surface area contributed by atoms with Gasteiger partial charge in [-0.15, -0.1) is 0 Å². The number of benzene rings is 2. The van der Waals surface area contributed by atoms with E-state index < -0.39 is 0 Å². The topological polar surface area (TPSA) is 35.2 Å². The number of nitrogens with two attached hydrogens (primary N) is 1. The molecule has 18 heavy (non-hydrogen) atoms. The summed E-state index contributed by atoms with van der Waals surface area (Å²) in [6.45, 7) is 0.547. The maximum absolute atomic E-state index is 5.68. The Balaban J connectivity index is 2.24. The van der Waals surface area contributed by atoms with Crippen LogP contribution in [0.1, 0.15) is 5.56 Å².